The number of rotatable bonds is 7. The molecule has 41 heavy (non-hydrogen) atoms. The van der Waals surface area contributed by atoms with E-state index in [0.29, 0.717) is 23.5 Å². The van der Waals surface area contributed by atoms with Gasteiger partial charge in [-0.05, 0) is 60.2 Å². The summed E-state index contributed by atoms with van der Waals surface area (Å²) in [6.45, 7) is 12.2. The van der Waals surface area contributed by atoms with Crippen LogP contribution in [0.4, 0.5) is 5.82 Å². The van der Waals surface area contributed by atoms with Gasteiger partial charge < -0.3 is 35.2 Å². The molecule has 1 atom stereocenters. The summed E-state index contributed by atoms with van der Waals surface area (Å²) >= 11 is 5.17. The van der Waals surface area contributed by atoms with Crippen LogP contribution in [0.2, 0.25) is 0 Å². The number of carbonyl (C=O) groups excluding carboxylic acids is 2. The number of aryl methyl sites for hydroxylation is 1. The number of benzene rings is 1. The maximum Gasteiger partial charge on any atom is 0.231 e. The fourth-order valence-corrected chi connectivity index (χ4v) is 5.92. The molecule has 1 fully saturated rings. The zero-order chi connectivity index (χ0) is 30.1. The number of amides is 1. The van der Waals surface area contributed by atoms with Crippen molar-refractivity contribution in [1.82, 2.24) is 24.4 Å². The second-order valence-corrected chi connectivity index (χ2v) is 11.8. The molecule has 0 spiro atoms. The van der Waals surface area contributed by atoms with Gasteiger partial charge in [0.1, 0.15) is 12.6 Å². The third kappa shape index (κ3) is 8.32. The van der Waals surface area contributed by atoms with Gasteiger partial charge in [-0.2, -0.15) is 0 Å². The minimum Gasteiger partial charge on any atom is -0.454 e. The van der Waals surface area contributed by atoms with Crippen molar-refractivity contribution in [3.05, 3.63) is 22.9 Å². The minimum absolute atomic E-state index is 0.0501. The average molecular weight is 651 g/mol. The number of fused-ring (bicyclic) bond motifs is 2. The van der Waals surface area contributed by atoms with Crippen LogP contribution < -0.4 is 20.9 Å². The van der Waals surface area contributed by atoms with Crippen LogP contribution in [0.3, 0.4) is 0 Å². The van der Waals surface area contributed by atoms with Gasteiger partial charge in [0.2, 0.25) is 12.7 Å². The number of aromatic nitrogens is 4. The number of likely N-dealkylation sites (tertiary alicyclic amines) is 1. The smallest absolute Gasteiger partial charge is 0.231 e. The first-order chi connectivity index (χ1) is 19.7. The van der Waals surface area contributed by atoms with E-state index in [1.54, 1.807) is 6.92 Å². The third-order valence-corrected chi connectivity index (χ3v) is 8.52. The quantitative estimate of drug-likeness (QED) is 0.338. The van der Waals surface area contributed by atoms with E-state index in [4.69, 9.17) is 25.9 Å². The van der Waals surface area contributed by atoms with E-state index >= 15 is 0 Å². The molecule has 2 aliphatic heterocycles. The minimum atomic E-state index is -0.296. The Kier molecular flexibility index (Phi) is 12.2. The highest BCUT2D eigenvalue weighted by Crippen LogP contribution is 2.43. The van der Waals surface area contributed by atoms with Crippen LogP contribution in [-0.2, 0) is 16.1 Å². The molecule has 4 N–H and O–H groups in total. The predicted octanol–water partition coefficient (Wildman–Crippen LogP) is 4.89. The topological polar surface area (TPSA) is 151 Å². The maximum absolute atomic E-state index is 12.3. The van der Waals surface area contributed by atoms with Gasteiger partial charge in [0, 0.05) is 34.9 Å². The summed E-state index contributed by atoms with van der Waals surface area (Å²) in [4.78, 5) is 38.1. The first-order valence-corrected chi connectivity index (χ1v) is 15.5. The van der Waals surface area contributed by atoms with Gasteiger partial charge in [-0.25, -0.2) is 15.0 Å². The molecule has 0 aliphatic carbocycles. The summed E-state index contributed by atoms with van der Waals surface area (Å²) < 4.78 is 14.1. The van der Waals surface area contributed by atoms with Crippen molar-refractivity contribution in [2.75, 3.05) is 25.6 Å². The van der Waals surface area contributed by atoms with Crippen LogP contribution in [0.1, 0.15) is 53.9 Å². The molecule has 224 valence electrons. The Balaban J connectivity index is 0.000000598. The molecule has 1 saturated heterocycles. The van der Waals surface area contributed by atoms with Crippen LogP contribution in [0, 0.1) is 11.8 Å². The van der Waals surface area contributed by atoms with Crippen molar-refractivity contribution in [2.24, 2.45) is 17.6 Å². The first-order valence-electron chi connectivity index (χ1n) is 13.9. The molecule has 4 heterocycles. The lowest BCUT2D eigenvalue weighted by Gasteiger charge is -2.33. The lowest BCUT2D eigenvalue weighted by Crippen LogP contribution is -2.40. The number of hydrogen-bond donors (Lipinski definition) is 2. The van der Waals surface area contributed by atoms with Crippen LogP contribution in [-0.4, -0.2) is 62.5 Å². The van der Waals surface area contributed by atoms with Crippen LogP contribution in [0.15, 0.2) is 33.0 Å². The number of nitrogens with two attached hydrogens (primary N) is 2. The van der Waals surface area contributed by atoms with Crippen LogP contribution >= 0.6 is 27.7 Å². The largest absolute Gasteiger partial charge is 0.454 e. The summed E-state index contributed by atoms with van der Waals surface area (Å²) in [6, 6.07) is 3.57. The maximum atomic E-state index is 12.3. The number of nitrogens with zero attached hydrogens (tertiary/aromatic N) is 5. The number of nitrogen functional groups attached to an aromatic ring is 1. The van der Waals surface area contributed by atoms with Crippen molar-refractivity contribution in [3.8, 4) is 11.5 Å². The molecule has 11 nitrogen and oxygen atoms in total. The van der Waals surface area contributed by atoms with Gasteiger partial charge in [0.05, 0.1) is 6.04 Å². The van der Waals surface area contributed by atoms with Crippen molar-refractivity contribution >= 4 is 56.9 Å². The lowest BCUT2D eigenvalue weighted by atomic mass is 9.93. The van der Waals surface area contributed by atoms with E-state index in [0.717, 1.165) is 70.6 Å². The number of halogens is 1. The predicted molar refractivity (Wildman–Crippen MR) is 164 cm³/mol. The van der Waals surface area contributed by atoms with E-state index in [2.05, 4.69) is 30.5 Å². The lowest BCUT2D eigenvalue weighted by molar-refractivity contribution is -0.135. The van der Waals surface area contributed by atoms with Crippen molar-refractivity contribution < 1.29 is 19.1 Å². The second-order valence-electron chi connectivity index (χ2n) is 9.92. The van der Waals surface area contributed by atoms with Gasteiger partial charge in [0.25, 0.3) is 0 Å². The highest BCUT2D eigenvalue weighted by atomic mass is 79.9. The van der Waals surface area contributed by atoms with E-state index in [-0.39, 0.29) is 24.7 Å². The number of anilines is 1. The van der Waals surface area contributed by atoms with Crippen molar-refractivity contribution in [1.29, 1.82) is 0 Å². The Morgan fingerprint density at radius 3 is 2.41 bits per heavy atom. The fraction of sp³-hybridized carbons (Fsp3) is 0.536. The average Bonchev–Trinajstić information content (AvgIpc) is 3.57. The number of carbonyl (C=O) groups is 2. The van der Waals surface area contributed by atoms with Crippen molar-refractivity contribution in [3.63, 3.8) is 0 Å². The molecule has 1 unspecified atom stereocenters. The molecule has 3 aromatic rings. The molecule has 0 radical (unpaired) electrons. The number of hydrogen-bond acceptors (Lipinski definition) is 10. The Labute approximate surface area is 253 Å². The summed E-state index contributed by atoms with van der Waals surface area (Å²) in [5, 5.41) is 0.800. The molecular weight excluding hydrogens is 610 g/mol. The summed E-state index contributed by atoms with van der Waals surface area (Å²) in [5.74, 6) is 2.66. The number of ether oxygens (including phenoxy) is 2. The van der Waals surface area contributed by atoms with E-state index in [9.17, 15) is 9.59 Å². The summed E-state index contributed by atoms with van der Waals surface area (Å²) in [6.07, 6.45) is 5.18. The monoisotopic (exact) mass is 649 g/mol. The zero-order valence-corrected chi connectivity index (χ0v) is 26.7. The van der Waals surface area contributed by atoms with Crippen LogP contribution in [0.25, 0.3) is 11.2 Å². The van der Waals surface area contributed by atoms with Gasteiger partial charge >= 0.3 is 0 Å². The van der Waals surface area contributed by atoms with Crippen molar-refractivity contribution in [2.45, 2.75) is 76.5 Å². The number of aldehydes is 1. The molecule has 13 heteroatoms. The fourth-order valence-electron chi connectivity index (χ4n) is 4.41. The highest BCUT2D eigenvalue weighted by Gasteiger charge is 2.25. The standard InChI is InChI=1S/C23H27BrN6O3S.C3H7NO.C2H6/c1-13(2)22(31)29-6-3-14(4-7-29)5-8-30-21-19(20(25)26-11-27-21)28-23(30)34-18-10-17-16(9-15(18)24)32-12-33-17;1-3(4)2-5;1-2/h9-11,13-14H,3-8,12H2,1-2H3,(H2,25,26,27);2-3H,4H2,1H3;1-2H3. The normalized spacial score (nSPS) is 15.2. The van der Waals surface area contributed by atoms with E-state index in [1.807, 2.05) is 44.7 Å². The molecule has 2 aliphatic rings. The Hall–Kier alpha value is -2.90. The molecule has 2 aromatic heterocycles. The summed E-state index contributed by atoms with van der Waals surface area (Å²) in [7, 11) is 0. The van der Waals surface area contributed by atoms with Gasteiger partial charge in [-0.3, -0.25) is 4.79 Å². The Bertz CT molecular complexity index is 1330. The molecule has 5 rings (SSSR count). The Morgan fingerprint density at radius 1 is 1.17 bits per heavy atom. The van der Waals surface area contributed by atoms with E-state index in [1.165, 1.54) is 18.1 Å². The number of imidazole rings is 1. The van der Waals surface area contributed by atoms with Gasteiger partial charge in [-0.1, -0.05) is 39.5 Å². The molecule has 1 amide bonds. The molecule has 0 bridgehead atoms. The SMILES string of the molecule is CC.CC(C)C(=O)N1CCC(CCn2c(Sc3cc4c(cc3Br)OCO4)nc3c(N)ncnc32)CC1.CC(N)C=O. The highest BCUT2D eigenvalue weighted by molar-refractivity contribution is 9.10. The third-order valence-electron chi connectivity index (χ3n) is 6.55. The van der Waals surface area contributed by atoms with E-state index < -0.39 is 0 Å². The zero-order valence-electron chi connectivity index (χ0n) is 24.3. The second kappa shape index (κ2) is 15.4. The van der Waals surface area contributed by atoms with Gasteiger partial charge in [-0.15, -0.1) is 0 Å². The molecule has 1 aromatic carbocycles. The summed E-state index contributed by atoms with van der Waals surface area (Å²) in [5.41, 5.74) is 12.4. The van der Waals surface area contributed by atoms with Crippen LogP contribution in [0.5, 0.6) is 11.5 Å². The van der Waals surface area contributed by atoms with Gasteiger partial charge in [0.15, 0.2) is 33.6 Å². The first kappa shape index (κ1) is 32.6. The number of piperidine rings is 1. The molecule has 0 saturated carbocycles. The Morgan fingerprint density at radius 2 is 1.80 bits per heavy atom. The molecular formula is C28H40BrN7O4S.